The second-order valence-corrected chi connectivity index (χ2v) is 5.02. The average molecular weight is 185 g/mol. The summed E-state index contributed by atoms with van der Waals surface area (Å²) >= 11 is 1.92. The van der Waals surface area contributed by atoms with Crippen molar-refractivity contribution in [3.05, 3.63) is 0 Å². The van der Waals surface area contributed by atoms with Gasteiger partial charge in [0.25, 0.3) is 0 Å². The summed E-state index contributed by atoms with van der Waals surface area (Å²) in [6, 6.07) is 0. The van der Waals surface area contributed by atoms with Crippen LogP contribution < -0.4 is 0 Å². The van der Waals surface area contributed by atoms with Crippen molar-refractivity contribution >= 4 is 11.9 Å². The topological polar surface area (TPSA) is 3.24 Å². The molecule has 1 saturated heterocycles. The molecule has 0 unspecified atom stereocenters. The summed E-state index contributed by atoms with van der Waals surface area (Å²) in [5.41, 5.74) is 0. The van der Waals surface area contributed by atoms with Gasteiger partial charge in [0.2, 0.25) is 0 Å². The average Bonchev–Trinajstić information content (AvgIpc) is 2.03. The van der Waals surface area contributed by atoms with Crippen molar-refractivity contribution in [3.63, 3.8) is 0 Å². The summed E-state index contributed by atoms with van der Waals surface area (Å²) in [7, 11) is 0. The standard InChI is InChI=1S/C10H19NS/c1-12-11-7-5-10(6-8-11)9-3-2-4-9/h9-10H,2-8H2,1H3. The monoisotopic (exact) mass is 185 g/mol. The first kappa shape index (κ1) is 8.89. The zero-order chi connectivity index (χ0) is 8.39. The van der Waals surface area contributed by atoms with Crippen molar-refractivity contribution in [2.75, 3.05) is 19.3 Å². The molecule has 0 aromatic rings. The Labute approximate surface area is 80.0 Å². The van der Waals surface area contributed by atoms with Crippen LogP contribution in [0.5, 0.6) is 0 Å². The molecule has 0 spiro atoms. The predicted molar refractivity (Wildman–Crippen MR) is 55.2 cm³/mol. The quantitative estimate of drug-likeness (QED) is 0.609. The van der Waals surface area contributed by atoms with Crippen LogP contribution in [0.25, 0.3) is 0 Å². The highest BCUT2D eigenvalue weighted by Crippen LogP contribution is 2.39. The molecule has 1 aliphatic heterocycles. The molecule has 0 aromatic carbocycles. The van der Waals surface area contributed by atoms with E-state index in [0.29, 0.717) is 0 Å². The molecule has 2 heteroatoms. The Morgan fingerprint density at radius 2 is 1.58 bits per heavy atom. The highest BCUT2D eigenvalue weighted by Gasteiger charge is 2.29. The van der Waals surface area contributed by atoms with Crippen LogP contribution in [0.2, 0.25) is 0 Å². The van der Waals surface area contributed by atoms with E-state index in [1.807, 2.05) is 11.9 Å². The van der Waals surface area contributed by atoms with Crippen molar-refractivity contribution in [1.82, 2.24) is 4.31 Å². The van der Waals surface area contributed by atoms with Crippen molar-refractivity contribution in [2.24, 2.45) is 11.8 Å². The van der Waals surface area contributed by atoms with E-state index in [1.54, 1.807) is 0 Å². The molecule has 0 bridgehead atoms. The van der Waals surface area contributed by atoms with Crippen molar-refractivity contribution < 1.29 is 0 Å². The third-order valence-electron chi connectivity index (χ3n) is 3.57. The largest absolute Gasteiger partial charge is 0.251 e. The van der Waals surface area contributed by atoms with Gasteiger partial charge in [-0.3, -0.25) is 4.31 Å². The second kappa shape index (κ2) is 4.01. The van der Waals surface area contributed by atoms with Gasteiger partial charge in [-0.15, -0.1) is 0 Å². The normalized spacial score (nSPS) is 28.8. The Hall–Kier alpha value is 0.310. The molecule has 0 N–H and O–H groups in total. The third-order valence-corrected chi connectivity index (χ3v) is 4.45. The zero-order valence-corrected chi connectivity index (χ0v) is 8.78. The van der Waals surface area contributed by atoms with Gasteiger partial charge < -0.3 is 0 Å². The van der Waals surface area contributed by atoms with E-state index in [1.165, 1.54) is 45.2 Å². The first-order valence-corrected chi connectivity index (χ1v) is 6.37. The van der Waals surface area contributed by atoms with E-state index in [9.17, 15) is 0 Å². The maximum Gasteiger partial charge on any atom is 0.00919 e. The van der Waals surface area contributed by atoms with Crippen LogP contribution in [0.4, 0.5) is 0 Å². The third kappa shape index (κ3) is 1.80. The molecule has 12 heavy (non-hydrogen) atoms. The van der Waals surface area contributed by atoms with Crippen LogP contribution in [0.3, 0.4) is 0 Å². The molecule has 0 radical (unpaired) electrons. The minimum atomic E-state index is 1.09. The summed E-state index contributed by atoms with van der Waals surface area (Å²) in [6.07, 6.45) is 9.70. The molecule has 2 fully saturated rings. The van der Waals surface area contributed by atoms with Crippen LogP contribution in [0.1, 0.15) is 32.1 Å². The van der Waals surface area contributed by atoms with Crippen molar-refractivity contribution in [2.45, 2.75) is 32.1 Å². The zero-order valence-electron chi connectivity index (χ0n) is 7.96. The van der Waals surface area contributed by atoms with Gasteiger partial charge in [-0.05, 0) is 30.9 Å². The molecule has 1 heterocycles. The number of rotatable bonds is 2. The molecule has 70 valence electrons. The van der Waals surface area contributed by atoms with Gasteiger partial charge in [-0.25, -0.2) is 0 Å². The number of nitrogens with zero attached hydrogens (tertiary/aromatic N) is 1. The van der Waals surface area contributed by atoms with Crippen LogP contribution in [0.15, 0.2) is 0 Å². The molecule has 1 aliphatic carbocycles. The minimum Gasteiger partial charge on any atom is -0.251 e. The first-order valence-electron chi connectivity index (χ1n) is 5.19. The van der Waals surface area contributed by atoms with E-state index < -0.39 is 0 Å². The van der Waals surface area contributed by atoms with Crippen molar-refractivity contribution in [1.29, 1.82) is 0 Å². The fourth-order valence-corrected chi connectivity index (χ4v) is 3.02. The Morgan fingerprint density at radius 3 is 2.00 bits per heavy atom. The summed E-state index contributed by atoms with van der Waals surface area (Å²) in [6.45, 7) is 2.67. The Morgan fingerprint density at radius 1 is 1.00 bits per heavy atom. The maximum absolute atomic E-state index is 2.51. The van der Waals surface area contributed by atoms with Gasteiger partial charge in [0.05, 0.1) is 0 Å². The fourth-order valence-electron chi connectivity index (χ4n) is 2.44. The first-order chi connectivity index (χ1) is 5.90. The van der Waals surface area contributed by atoms with Gasteiger partial charge in [-0.2, -0.15) is 0 Å². The minimum absolute atomic E-state index is 1.09. The SMILES string of the molecule is CSN1CCC(C2CCC2)CC1. The van der Waals surface area contributed by atoms with Crippen LogP contribution in [-0.2, 0) is 0 Å². The molecule has 0 atom stereocenters. The van der Waals surface area contributed by atoms with Gasteiger partial charge in [-0.1, -0.05) is 31.2 Å². The smallest absolute Gasteiger partial charge is 0.00919 e. The molecular formula is C10H19NS. The van der Waals surface area contributed by atoms with Gasteiger partial charge in [0, 0.05) is 13.1 Å². The number of hydrogen-bond donors (Lipinski definition) is 0. The maximum atomic E-state index is 2.51. The molecular weight excluding hydrogens is 166 g/mol. The molecule has 0 amide bonds. The second-order valence-electron chi connectivity index (χ2n) is 4.14. The summed E-state index contributed by atoms with van der Waals surface area (Å²) < 4.78 is 2.51. The van der Waals surface area contributed by atoms with Gasteiger partial charge >= 0.3 is 0 Å². The van der Waals surface area contributed by atoms with Gasteiger partial charge in [0.15, 0.2) is 0 Å². The Kier molecular flexibility index (Phi) is 2.97. The lowest BCUT2D eigenvalue weighted by Crippen LogP contribution is -2.34. The van der Waals surface area contributed by atoms with E-state index in [2.05, 4.69) is 10.6 Å². The van der Waals surface area contributed by atoms with Crippen LogP contribution in [-0.4, -0.2) is 23.7 Å². The van der Waals surface area contributed by atoms with E-state index in [4.69, 9.17) is 0 Å². The lowest BCUT2D eigenvalue weighted by Gasteiger charge is -2.39. The molecule has 1 nitrogen and oxygen atoms in total. The number of piperidine rings is 1. The van der Waals surface area contributed by atoms with Gasteiger partial charge in [0.1, 0.15) is 0 Å². The number of hydrogen-bond acceptors (Lipinski definition) is 2. The van der Waals surface area contributed by atoms with E-state index in [-0.39, 0.29) is 0 Å². The molecule has 0 aromatic heterocycles. The van der Waals surface area contributed by atoms with E-state index in [0.717, 1.165) is 11.8 Å². The summed E-state index contributed by atoms with van der Waals surface area (Å²) in [5, 5.41) is 0. The molecule has 2 rings (SSSR count). The molecule has 2 aliphatic rings. The highest BCUT2D eigenvalue weighted by atomic mass is 32.2. The lowest BCUT2D eigenvalue weighted by molar-refractivity contribution is 0.146. The van der Waals surface area contributed by atoms with Crippen molar-refractivity contribution in [3.8, 4) is 0 Å². The highest BCUT2D eigenvalue weighted by molar-refractivity contribution is 7.96. The predicted octanol–water partition coefficient (Wildman–Crippen LogP) is 2.78. The Balaban J connectivity index is 1.74. The van der Waals surface area contributed by atoms with E-state index >= 15 is 0 Å². The van der Waals surface area contributed by atoms with Crippen LogP contribution >= 0.6 is 11.9 Å². The summed E-state index contributed by atoms with van der Waals surface area (Å²) in [5.74, 6) is 2.20. The summed E-state index contributed by atoms with van der Waals surface area (Å²) in [4.78, 5) is 0. The Bertz CT molecular complexity index is 137. The molecule has 1 saturated carbocycles. The fraction of sp³-hybridized carbons (Fsp3) is 1.00. The van der Waals surface area contributed by atoms with Crippen LogP contribution in [0, 0.1) is 11.8 Å². The lowest BCUT2D eigenvalue weighted by atomic mass is 9.72.